The third kappa shape index (κ3) is 2.62. The van der Waals surface area contributed by atoms with E-state index in [1.807, 2.05) is 39.0 Å². The maximum Gasteiger partial charge on any atom is 0.200 e. The average Bonchev–Trinajstić information content (AvgIpc) is 3.15. The van der Waals surface area contributed by atoms with Crippen LogP contribution in [0.3, 0.4) is 0 Å². The van der Waals surface area contributed by atoms with Gasteiger partial charge in [-0.1, -0.05) is 6.92 Å². The predicted octanol–water partition coefficient (Wildman–Crippen LogP) is 4.66. The molecule has 142 valence electrons. The van der Waals surface area contributed by atoms with Gasteiger partial charge in [0.2, 0.25) is 0 Å². The number of benzene rings is 2. The van der Waals surface area contributed by atoms with Gasteiger partial charge in [-0.2, -0.15) is 5.10 Å². The highest BCUT2D eigenvalue weighted by Gasteiger charge is 2.18. The van der Waals surface area contributed by atoms with Gasteiger partial charge in [0.05, 0.1) is 18.3 Å². The van der Waals surface area contributed by atoms with Crippen LogP contribution in [0.5, 0.6) is 11.5 Å². The van der Waals surface area contributed by atoms with Crippen LogP contribution in [0.1, 0.15) is 23.7 Å². The first-order valence-corrected chi connectivity index (χ1v) is 9.34. The number of nitrogens with one attached hydrogen (secondary N) is 1. The second kappa shape index (κ2) is 6.53. The normalized spacial score (nSPS) is 11.4. The van der Waals surface area contributed by atoms with E-state index in [1.54, 1.807) is 15.2 Å². The first-order chi connectivity index (χ1) is 13.3. The van der Waals surface area contributed by atoms with Crippen molar-refractivity contribution in [2.45, 2.75) is 27.2 Å². The fourth-order valence-corrected chi connectivity index (χ4v) is 3.77. The smallest absolute Gasteiger partial charge is 0.200 e. The number of hydrogen-bond donors (Lipinski definition) is 3. The molecule has 0 atom stereocenters. The van der Waals surface area contributed by atoms with Crippen LogP contribution in [0.25, 0.3) is 28.0 Å². The Balaban J connectivity index is 1.97. The molecule has 0 unspecified atom stereocenters. The summed E-state index contributed by atoms with van der Waals surface area (Å²) in [5.74, 6) is 0.463. The number of aromatic hydroxyl groups is 2. The molecule has 2 aromatic heterocycles. The van der Waals surface area contributed by atoms with Crippen molar-refractivity contribution in [3.63, 3.8) is 0 Å². The van der Waals surface area contributed by atoms with Gasteiger partial charge < -0.3 is 14.8 Å². The molecule has 4 aromatic rings. The highest BCUT2D eigenvalue weighted by atomic mass is 32.1. The van der Waals surface area contributed by atoms with E-state index in [0.29, 0.717) is 22.6 Å². The molecule has 0 bridgehead atoms. The van der Waals surface area contributed by atoms with E-state index in [-0.39, 0.29) is 11.5 Å². The molecule has 0 fully saturated rings. The predicted molar refractivity (Wildman–Crippen MR) is 112 cm³/mol. The van der Waals surface area contributed by atoms with Crippen LogP contribution in [0.4, 0.5) is 0 Å². The van der Waals surface area contributed by atoms with E-state index in [2.05, 4.69) is 10.2 Å². The topological polar surface area (TPSA) is 79.0 Å². The second-order valence-electron chi connectivity index (χ2n) is 6.82. The van der Waals surface area contributed by atoms with Crippen LogP contribution in [-0.4, -0.2) is 29.5 Å². The van der Waals surface area contributed by atoms with Gasteiger partial charge in [-0.25, -0.2) is 0 Å². The monoisotopic (exact) mass is 392 g/mol. The van der Waals surface area contributed by atoms with Crippen LogP contribution in [0.2, 0.25) is 0 Å². The summed E-state index contributed by atoms with van der Waals surface area (Å²) in [6.45, 7) is 5.94. The van der Waals surface area contributed by atoms with E-state index < -0.39 is 0 Å². The van der Waals surface area contributed by atoms with Crippen molar-refractivity contribution in [2.75, 3.05) is 0 Å². The largest absolute Gasteiger partial charge is 0.508 e. The lowest BCUT2D eigenvalue weighted by Crippen LogP contribution is -1.99. The van der Waals surface area contributed by atoms with Crippen molar-refractivity contribution in [2.24, 2.45) is 0 Å². The summed E-state index contributed by atoms with van der Waals surface area (Å²) < 4.78 is 3.84. The lowest BCUT2D eigenvalue weighted by Gasteiger charge is -2.11. The Morgan fingerprint density at radius 2 is 1.89 bits per heavy atom. The van der Waals surface area contributed by atoms with Gasteiger partial charge in [-0.05, 0) is 67.9 Å². The van der Waals surface area contributed by atoms with Crippen molar-refractivity contribution < 1.29 is 10.2 Å². The molecule has 0 amide bonds. The molecule has 0 spiro atoms. The Labute approximate surface area is 167 Å². The molecule has 0 saturated heterocycles. The molecule has 4 rings (SSSR count). The SMILES string of the molecule is [CH]n1c(C)c(C)c2cc(-n3c(-c4cc(CC)c(O)cc4O)n[nH]c3=S)ccc21. The van der Waals surface area contributed by atoms with Gasteiger partial charge in [0, 0.05) is 22.7 Å². The third-order valence-corrected chi connectivity index (χ3v) is 5.57. The zero-order chi connectivity index (χ0) is 20.2. The van der Waals surface area contributed by atoms with Crippen LogP contribution < -0.4 is 0 Å². The molecule has 2 heterocycles. The number of rotatable bonds is 3. The number of phenolic OH excluding ortho intramolecular Hbond substituents is 2. The fourth-order valence-electron chi connectivity index (χ4n) is 3.53. The molecule has 0 aliphatic rings. The fraction of sp³-hybridized carbons (Fsp3) is 0.190. The minimum Gasteiger partial charge on any atom is -0.508 e. The Morgan fingerprint density at radius 3 is 2.61 bits per heavy atom. The maximum atomic E-state index is 10.4. The molecule has 0 aliphatic heterocycles. The van der Waals surface area contributed by atoms with Crippen molar-refractivity contribution in [3.8, 4) is 28.6 Å². The lowest BCUT2D eigenvalue weighted by atomic mass is 10.1. The minimum atomic E-state index is -0.0637. The summed E-state index contributed by atoms with van der Waals surface area (Å²) in [4.78, 5) is 0. The first-order valence-electron chi connectivity index (χ1n) is 8.93. The molecular weight excluding hydrogens is 372 g/mol. The maximum absolute atomic E-state index is 10.4. The number of fused-ring (bicyclic) bond motifs is 1. The lowest BCUT2D eigenvalue weighted by molar-refractivity contribution is 0.447. The van der Waals surface area contributed by atoms with E-state index in [9.17, 15) is 10.2 Å². The van der Waals surface area contributed by atoms with Gasteiger partial charge in [0.1, 0.15) is 11.5 Å². The minimum absolute atomic E-state index is 0.0567. The molecule has 0 aliphatic carbocycles. The summed E-state index contributed by atoms with van der Waals surface area (Å²) in [7, 11) is 6.14. The summed E-state index contributed by atoms with van der Waals surface area (Å²) in [6, 6.07) is 8.93. The zero-order valence-electron chi connectivity index (χ0n) is 15.8. The zero-order valence-corrected chi connectivity index (χ0v) is 16.6. The Morgan fingerprint density at radius 1 is 1.14 bits per heavy atom. The average molecular weight is 392 g/mol. The molecular formula is C21H20N4O2S. The summed E-state index contributed by atoms with van der Waals surface area (Å²) >= 11 is 5.46. The quantitative estimate of drug-likeness (QED) is 0.443. The van der Waals surface area contributed by atoms with E-state index in [1.165, 1.54) is 6.07 Å². The summed E-state index contributed by atoms with van der Waals surface area (Å²) in [5.41, 5.74) is 5.03. The number of hydrogen-bond acceptors (Lipinski definition) is 4. The van der Waals surface area contributed by atoms with Crippen LogP contribution in [0.15, 0.2) is 30.3 Å². The summed E-state index contributed by atoms with van der Waals surface area (Å²) in [5, 5.41) is 28.6. The second-order valence-corrected chi connectivity index (χ2v) is 7.21. The van der Waals surface area contributed by atoms with Crippen LogP contribution in [-0.2, 0) is 6.42 Å². The number of aromatic amines is 1. The molecule has 0 saturated carbocycles. The number of nitrogens with zero attached hydrogens (tertiary/aromatic N) is 3. The number of H-pyrrole nitrogens is 1. The standard InChI is InChI=1S/C21H20N4O2S/c1-5-13-8-16(19(27)10-18(13)26)20-22-23-21(28)25(20)14-6-7-17-15(9-14)11(2)12(3)24(17)4/h4,6-10,26-27H,5H2,1-3H3,(H,23,28). The van der Waals surface area contributed by atoms with Gasteiger partial charge in [-0.15, -0.1) is 0 Å². The van der Waals surface area contributed by atoms with Crippen molar-refractivity contribution >= 4 is 23.1 Å². The molecule has 2 aromatic carbocycles. The van der Waals surface area contributed by atoms with Gasteiger partial charge in [-0.3, -0.25) is 9.67 Å². The van der Waals surface area contributed by atoms with E-state index in [0.717, 1.165) is 33.4 Å². The number of aromatic nitrogens is 4. The van der Waals surface area contributed by atoms with E-state index in [4.69, 9.17) is 19.3 Å². The van der Waals surface area contributed by atoms with E-state index >= 15 is 0 Å². The highest BCUT2D eigenvalue weighted by molar-refractivity contribution is 7.71. The van der Waals surface area contributed by atoms with Gasteiger partial charge in [0.15, 0.2) is 10.6 Å². The molecule has 28 heavy (non-hydrogen) atoms. The van der Waals surface area contributed by atoms with Crippen LogP contribution >= 0.6 is 12.2 Å². The Kier molecular flexibility index (Phi) is 4.27. The number of phenols is 2. The molecule has 2 radical (unpaired) electrons. The molecule has 3 N–H and O–H groups in total. The molecule has 6 nitrogen and oxygen atoms in total. The van der Waals surface area contributed by atoms with Gasteiger partial charge in [0.25, 0.3) is 0 Å². The Hall–Kier alpha value is -3.06. The molecule has 7 heteroatoms. The highest BCUT2D eigenvalue weighted by Crippen LogP contribution is 2.36. The van der Waals surface area contributed by atoms with Crippen molar-refractivity contribution in [3.05, 3.63) is 59.0 Å². The van der Waals surface area contributed by atoms with Crippen molar-refractivity contribution in [1.82, 2.24) is 19.3 Å². The van der Waals surface area contributed by atoms with Crippen LogP contribution in [0, 0.1) is 25.7 Å². The van der Waals surface area contributed by atoms with Crippen molar-refractivity contribution in [1.29, 1.82) is 0 Å². The third-order valence-electron chi connectivity index (χ3n) is 5.30. The summed E-state index contributed by atoms with van der Waals surface area (Å²) in [6.07, 6.45) is 0.624. The number of aryl methyl sites for hydroxylation is 2. The first kappa shape index (κ1) is 18.3. The van der Waals surface area contributed by atoms with Gasteiger partial charge >= 0.3 is 0 Å². The Bertz CT molecular complexity index is 1280.